The van der Waals surface area contributed by atoms with Crippen molar-refractivity contribution < 1.29 is 9.72 Å². The number of nitro benzene ring substituents is 1. The van der Waals surface area contributed by atoms with Crippen LogP contribution in [0.25, 0.3) is 0 Å². The van der Waals surface area contributed by atoms with Gasteiger partial charge in [0.15, 0.2) is 5.78 Å². The molecule has 1 aromatic rings. The highest BCUT2D eigenvalue weighted by Crippen LogP contribution is 2.26. The van der Waals surface area contributed by atoms with Crippen LogP contribution in [0.1, 0.15) is 18.4 Å². The number of nitriles is 1. The van der Waals surface area contributed by atoms with E-state index in [9.17, 15) is 14.9 Å². The van der Waals surface area contributed by atoms with Crippen molar-refractivity contribution in [2.75, 3.05) is 0 Å². The summed E-state index contributed by atoms with van der Waals surface area (Å²) in [6.45, 7) is 1.24. The lowest BCUT2D eigenvalue weighted by Gasteiger charge is -2.05. The molecule has 5 heteroatoms. The molecule has 0 saturated carbocycles. The van der Waals surface area contributed by atoms with E-state index < -0.39 is 16.6 Å². The third kappa shape index (κ3) is 2.17. The number of Topliss-reactive ketones (excluding diaryl/α,β-unsaturated/α-hetero) is 1. The molecule has 0 aliphatic carbocycles. The second-order valence-corrected chi connectivity index (χ2v) is 2.99. The molecule has 0 aliphatic heterocycles. The number of para-hydroxylation sites is 1. The van der Waals surface area contributed by atoms with Crippen molar-refractivity contribution in [3.8, 4) is 6.07 Å². The number of hydrogen-bond acceptors (Lipinski definition) is 4. The van der Waals surface area contributed by atoms with Gasteiger partial charge in [0.1, 0.15) is 5.92 Å². The summed E-state index contributed by atoms with van der Waals surface area (Å²) in [5.41, 5.74) is -0.0447. The van der Waals surface area contributed by atoms with Crippen LogP contribution in [0.5, 0.6) is 0 Å². The first-order valence-electron chi connectivity index (χ1n) is 4.21. The van der Waals surface area contributed by atoms with Gasteiger partial charge in [0.2, 0.25) is 0 Å². The predicted octanol–water partition coefficient (Wildman–Crippen LogP) is 1.79. The van der Waals surface area contributed by atoms with E-state index in [4.69, 9.17) is 5.26 Å². The molecular weight excluding hydrogens is 196 g/mol. The fourth-order valence-corrected chi connectivity index (χ4v) is 1.28. The van der Waals surface area contributed by atoms with Crippen LogP contribution >= 0.6 is 0 Å². The molecule has 15 heavy (non-hydrogen) atoms. The normalized spacial score (nSPS) is 11.5. The number of carbonyl (C=O) groups excluding carboxylic acids is 1. The van der Waals surface area contributed by atoms with E-state index in [2.05, 4.69) is 0 Å². The van der Waals surface area contributed by atoms with Crippen LogP contribution in [-0.2, 0) is 4.79 Å². The zero-order valence-corrected chi connectivity index (χ0v) is 8.01. The van der Waals surface area contributed by atoms with Crippen molar-refractivity contribution in [1.82, 2.24) is 0 Å². The average molecular weight is 204 g/mol. The largest absolute Gasteiger partial charge is 0.298 e. The van der Waals surface area contributed by atoms with E-state index >= 15 is 0 Å². The SMILES string of the molecule is CC(=O)C(C#N)c1ccccc1[N+](=O)[O-]. The topological polar surface area (TPSA) is 84.0 Å². The Kier molecular flexibility index (Phi) is 3.13. The fraction of sp³-hybridized carbons (Fsp3) is 0.200. The van der Waals surface area contributed by atoms with E-state index in [-0.39, 0.29) is 11.3 Å². The molecule has 0 heterocycles. The highest BCUT2D eigenvalue weighted by molar-refractivity contribution is 5.87. The molecule has 0 spiro atoms. The molecule has 0 aromatic heterocycles. The van der Waals surface area contributed by atoms with Gasteiger partial charge in [-0.3, -0.25) is 14.9 Å². The molecule has 1 rings (SSSR count). The zero-order valence-electron chi connectivity index (χ0n) is 8.01. The van der Waals surface area contributed by atoms with Crippen molar-refractivity contribution in [3.05, 3.63) is 39.9 Å². The summed E-state index contributed by atoms with van der Waals surface area (Å²) in [6.07, 6.45) is 0. The Morgan fingerprint density at radius 2 is 2.13 bits per heavy atom. The Labute approximate surface area is 86.1 Å². The highest BCUT2D eigenvalue weighted by Gasteiger charge is 2.24. The Morgan fingerprint density at radius 3 is 2.60 bits per heavy atom. The smallest absolute Gasteiger partial charge is 0.274 e. The third-order valence-corrected chi connectivity index (χ3v) is 1.98. The van der Waals surface area contributed by atoms with Crippen LogP contribution in [0, 0.1) is 21.4 Å². The van der Waals surface area contributed by atoms with Crippen molar-refractivity contribution in [2.24, 2.45) is 0 Å². The van der Waals surface area contributed by atoms with Gasteiger partial charge in [-0.25, -0.2) is 0 Å². The highest BCUT2D eigenvalue weighted by atomic mass is 16.6. The molecule has 1 atom stereocenters. The zero-order chi connectivity index (χ0) is 11.4. The van der Waals surface area contributed by atoms with Crippen LogP contribution in [0.4, 0.5) is 5.69 Å². The van der Waals surface area contributed by atoms with Crippen LogP contribution in [0.2, 0.25) is 0 Å². The third-order valence-electron chi connectivity index (χ3n) is 1.98. The molecule has 0 aliphatic rings. The summed E-state index contributed by atoms with van der Waals surface area (Å²) < 4.78 is 0. The molecule has 1 unspecified atom stereocenters. The van der Waals surface area contributed by atoms with E-state index in [1.54, 1.807) is 12.1 Å². The molecule has 1 aromatic carbocycles. The summed E-state index contributed by atoms with van der Waals surface area (Å²) in [4.78, 5) is 21.2. The minimum atomic E-state index is -1.06. The molecule has 76 valence electrons. The van der Waals surface area contributed by atoms with Gasteiger partial charge in [0.05, 0.1) is 16.6 Å². The number of hydrogen-bond donors (Lipinski definition) is 0. The minimum Gasteiger partial charge on any atom is -0.298 e. The monoisotopic (exact) mass is 204 g/mol. The van der Waals surface area contributed by atoms with Crippen molar-refractivity contribution in [1.29, 1.82) is 5.26 Å². The van der Waals surface area contributed by atoms with Gasteiger partial charge in [-0.15, -0.1) is 0 Å². The van der Waals surface area contributed by atoms with Crippen LogP contribution < -0.4 is 0 Å². The maximum atomic E-state index is 11.1. The first kappa shape index (κ1) is 10.9. The lowest BCUT2D eigenvalue weighted by Crippen LogP contribution is -2.08. The summed E-state index contributed by atoms with van der Waals surface area (Å²) in [5.74, 6) is -1.46. The van der Waals surface area contributed by atoms with Crippen molar-refractivity contribution in [2.45, 2.75) is 12.8 Å². The van der Waals surface area contributed by atoms with Crippen LogP contribution in [0.15, 0.2) is 24.3 Å². The van der Waals surface area contributed by atoms with Crippen molar-refractivity contribution in [3.63, 3.8) is 0 Å². The van der Waals surface area contributed by atoms with E-state index in [0.29, 0.717) is 0 Å². The van der Waals surface area contributed by atoms with Gasteiger partial charge < -0.3 is 0 Å². The number of nitrogens with zero attached hydrogens (tertiary/aromatic N) is 2. The summed E-state index contributed by atoms with van der Waals surface area (Å²) in [5, 5.41) is 19.4. The number of rotatable bonds is 3. The van der Waals surface area contributed by atoms with E-state index in [1.807, 2.05) is 0 Å². The Balaban J connectivity index is 3.30. The number of carbonyl (C=O) groups is 1. The Hall–Kier alpha value is -2.22. The summed E-state index contributed by atoms with van der Waals surface area (Å²) in [6, 6.07) is 7.52. The molecule has 0 amide bonds. The minimum absolute atomic E-state index is 0.150. The Bertz CT molecular complexity index is 448. The first-order valence-corrected chi connectivity index (χ1v) is 4.21. The van der Waals surface area contributed by atoms with Crippen molar-refractivity contribution >= 4 is 11.5 Å². The molecular formula is C10H8N2O3. The van der Waals surface area contributed by atoms with Gasteiger partial charge in [0, 0.05) is 6.07 Å². The molecule has 0 saturated heterocycles. The molecule has 0 radical (unpaired) electrons. The second kappa shape index (κ2) is 4.33. The average Bonchev–Trinajstić information content (AvgIpc) is 2.18. The molecule has 0 bridgehead atoms. The standard InChI is InChI=1S/C10H8N2O3/c1-7(13)9(6-11)8-4-2-3-5-10(8)12(14)15/h2-5,9H,1H3. The van der Waals surface area contributed by atoms with Gasteiger partial charge in [-0.2, -0.15) is 5.26 Å². The lowest BCUT2D eigenvalue weighted by molar-refractivity contribution is -0.385. The Morgan fingerprint density at radius 1 is 1.53 bits per heavy atom. The molecule has 5 nitrogen and oxygen atoms in total. The number of nitro groups is 1. The van der Waals surface area contributed by atoms with Crippen LogP contribution in [0.3, 0.4) is 0 Å². The van der Waals surface area contributed by atoms with E-state index in [1.165, 1.54) is 25.1 Å². The van der Waals surface area contributed by atoms with Gasteiger partial charge >= 0.3 is 0 Å². The van der Waals surface area contributed by atoms with E-state index in [0.717, 1.165) is 0 Å². The van der Waals surface area contributed by atoms with Crippen LogP contribution in [-0.4, -0.2) is 10.7 Å². The fourth-order valence-electron chi connectivity index (χ4n) is 1.28. The quantitative estimate of drug-likeness (QED) is 0.555. The number of ketones is 1. The predicted molar refractivity (Wildman–Crippen MR) is 52.1 cm³/mol. The van der Waals surface area contributed by atoms with Gasteiger partial charge in [-0.05, 0) is 6.92 Å². The maximum absolute atomic E-state index is 11.1. The molecule has 0 fully saturated rings. The lowest BCUT2D eigenvalue weighted by atomic mass is 9.95. The summed E-state index contributed by atoms with van der Waals surface area (Å²) in [7, 11) is 0. The number of benzene rings is 1. The maximum Gasteiger partial charge on any atom is 0.274 e. The van der Waals surface area contributed by atoms with Gasteiger partial charge in [0.25, 0.3) is 5.69 Å². The second-order valence-electron chi connectivity index (χ2n) is 2.99. The van der Waals surface area contributed by atoms with Gasteiger partial charge in [-0.1, -0.05) is 18.2 Å². The summed E-state index contributed by atoms with van der Waals surface area (Å²) >= 11 is 0. The first-order chi connectivity index (χ1) is 7.07. The molecule has 0 N–H and O–H groups in total.